The third-order valence-electron chi connectivity index (χ3n) is 3.36. The minimum absolute atomic E-state index is 0.119. The number of carbonyl (C=O) groups is 1. The van der Waals surface area contributed by atoms with Gasteiger partial charge in [-0.2, -0.15) is 5.10 Å². The van der Waals surface area contributed by atoms with Crippen LogP contribution < -0.4 is 15.4 Å². The first-order valence-corrected chi connectivity index (χ1v) is 7.00. The lowest BCUT2D eigenvalue weighted by molar-refractivity contribution is 0.0950. The third kappa shape index (κ3) is 2.99. The molecule has 1 aromatic carbocycles. The molecule has 1 aromatic heterocycles. The van der Waals surface area contributed by atoms with Gasteiger partial charge in [-0.05, 0) is 18.2 Å². The van der Waals surface area contributed by atoms with Crippen molar-refractivity contribution < 1.29 is 9.53 Å². The molecule has 0 aliphatic carbocycles. The molecule has 0 bridgehead atoms. The summed E-state index contributed by atoms with van der Waals surface area (Å²) in [6, 6.07) is 7.50. The topological polar surface area (TPSA) is 68.2 Å². The van der Waals surface area contributed by atoms with Gasteiger partial charge in [-0.15, -0.1) is 0 Å². The molecule has 2 aromatic rings. The Balaban J connectivity index is 1.63. The Bertz CT molecular complexity index is 651. The summed E-state index contributed by atoms with van der Waals surface area (Å²) < 4.78 is 7.36. The predicted molar refractivity (Wildman–Crippen MR) is 79.7 cm³/mol. The summed E-state index contributed by atoms with van der Waals surface area (Å²) in [5.74, 6) is 0.519. The van der Waals surface area contributed by atoms with Crippen LogP contribution in [0.25, 0.3) is 0 Å². The molecule has 0 unspecified atom stereocenters. The molecule has 0 atom stereocenters. The molecule has 1 aliphatic heterocycles. The highest BCUT2D eigenvalue weighted by Crippen LogP contribution is 2.30. The fraction of sp³-hybridized carbons (Fsp3) is 0.333. The van der Waals surface area contributed by atoms with Gasteiger partial charge in [0.2, 0.25) is 0 Å². The first kappa shape index (κ1) is 13.5. The highest BCUT2D eigenvalue weighted by Gasteiger charge is 2.18. The van der Waals surface area contributed by atoms with Crippen LogP contribution >= 0.6 is 0 Å². The van der Waals surface area contributed by atoms with Gasteiger partial charge in [0.1, 0.15) is 6.61 Å². The van der Waals surface area contributed by atoms with E-state index in [-0.39, 0.29) is 5.91 Å². The Morgan fingerprint density at radius 2 is 2.38 bits per heavy atom. The van der Waals surface area contributed by atoms with E-state index in [4.69, 9.17) is 4.74 Å². The zero-order valence-corrected chi connectivity index (χ0v) is 11.9. The summed E-state index contributed by atoms with van der Waals surface area (Å²) in [7, 11) is 1.88. The molecular formula is C15H18N4O2. The summed E-state index contributed by atoms with van der Waals surface area (Å²) in [4.78, 5) is 12.3. The number of hydrogen-bond donors (Lipinski definition) is 2. The first-order valence-electron chi connectivity index (χ1n) is 7.00. The number of carbonyl (C=O) groups excluding carboxylic acids is 1. The minimum Gasteiger partial charge on any atom is -0.489 e. The predicted octanol–water partition coefficient (Wildman–Crippen LogP) is 1.20. The number of rotatable bonds is 4. The van der Waals surface area contributed by atoms with Crippen LogP contribution in [0.1, 0.15) is 16.1 Å². The number of aromatic nitrogens is 2. The number of benzene rings is 1. The zero-order valence-electron chi connectivity index (χ0n) is 11.9. The van der Waals surface area contributed by atoms with Crippen LogP contribution in [0.3, 0.4) is 0 Å². The maximum atomic E-state index is 12.3. The minimum atomic E-state index is -0.119. The number of hydrogen-bond acceptors (Lipinski definition) is 4. The van der Waals surface area contributed by atoms with Gasteiger partial charge in [0.05, 0.1) is 16.9 Å². The van der Waals surface area contributed by atoms with Crippen LogP contribution in [-0.2, 0) is 13.5 Å². The van der Waals surface area contributed by atoms with Crippen molar-refractivity contribution in [2.45, 2.75) is 6.42 Å². The smallest absolute Gasteiger partial charge is 0.255 e. The second-order valence-electron chi connectivity index (χ2n) is 4.94. The normalized spacial score (nSPS) is 13.0. The number of ether oxygens (including phenoxy) is 1. The monoisotopic (exact) mass is 286 g/mol. The molecule has 0 fully saturated rings. The lowest BCUT2D eigenvalue weighted by atomic mass is 10.1. The van der Waals surface area contributed by atoms with Crippen LogP contribution in [0.15, 0.2) is 30.5 Å². The molecule has 0 radical (unpaired) electrons. The van der Waals surface area contributed by atoms with Gasteiger partial charge < -0.3 is 15.4 Å². The first-order chi connectivity index (χ1) is 10.2. The lowest BCUT2D eigenvalue weighted by Gasteiger charge is -2.21. The maximum Gasteiger partial charge on any atom is 0.255 e. The van der Waals surface area contributed by atoms with Crippen molar-refractivity contribution in [1.29, 1.82) is 0 Å². The Morgan fingerprint density at radius 1 is 1.48 bits per heavy atom. The molecule has 2 N–H and O–H groups in total. The SMILES string of the molecule is Cn1ccc(CCNC(=O)c2cccc3c2OCCN3)n1. The average molecular weight is 286 g/mol. The second kappa shape index (κ2) is 5.87. The standard InChI is InChI=1S/C15H18N4O2/c1-19-9-6-11(18-19)5-7-17-15(20)12-3-2-4-13-14(12)21-10-8-16-13/h2-4,6,9,16H,5,7-8,10H2,1H3,(H,17,20). The van der Waals surface area contributed by atoms with E-state index >= 15 is 0 Å². The molecule has 21 heavy (non-hydrogen) atoms. The highest BCUT2D eigenvalue weighted by atomic mass is 16.5. The summed E-state index contributed by atoms with van der Waals surface area (Å²) in [5.41, 5.74) is 2.41. The summed E-state index contributed by atoms with van der Waals surface area (Å²) >= 11 is 0. The van der Waals surface area contributed by atoms with E-state index in [0.717, 1.165) is 17.9 Å². The molecule has 0 spiro atoms. The lowest BCUT2D eigenvalue weighted by Crippen LogP contribution is -2.28. The maximum absolute atomic E-state index is 12.3. The van der Waals surface area contributed by atoms with Gasteiger partial charge >= 0.3 is 0 Å². The summed E-state index contributed by atoms with van der Waals surface area (Å²) in [5, 5.41) is 10.4. The van der Waals surface area contributed by atoms with Crippen LogP contribution in [0, 0.1) is 0 Å². The molecule has 1 aliphatic rings. The van der Waals surface area contributed by atoms with Crippen LogP contribution in [-0.4, -0.2) is 35.4 Å². The number of nitrogens with one attached hydrogen (secondary N) is 2. The van der Waals surface area contributed by atoms with E-state index in [0.29, 0.717) is 30.9 Å². The third-order valence-corrected chi connectivity index (χ3v) is 3.36. The molecule has 2 heterocycles. The second-order valence-corrected chi connectivity index (χ2v) is 4.94. The van der Waals surface area contributed by atoms with Gasteiger partial charge in [0.25, 0.3) is 5.91 Å². The van der Waals surface area contributed by atoms with E-state index in [1.54, 1.807) is 10.7 Å². The molecule has 1 amide bonds. The van der Waals surface area contributed by atoms with Gasteiger partial charge in [0.15, 0.2) is 5.75 Å². The van der Waals surface area contributed by atoms with Crippen molar-refractivity contribution in [3.8, 4) is 5.75 Å². The number of aryl methyl sites for hydroxylation is 1. The number of amides is 1. The Labute approximate surface area is 123 Å². The molecule has 0 saturated heterocycles. The van der Waals surface area contributed by atoms with Crippen LogP contribution in [0.4, 0.5) is 5.69 Å². The van der Waals surface area contributed by atoms with Gasteiger partial charge in [-0.1, -0.05) is 6.07 Å². The summed E-state index contributed by atoms with van der Waals surface area (Å²) in [6.07, 6.45) is 2.60. The molecule has 6 heteroatoms. The molecule has 3 rings (SSSR count). The van der Waals surface area contributed by atoms with Crippen molar-refractivity contribution in [1.82, 2.24) is 15.1 Å². The largest absolute Gasteiger partial charge is 0.489 e. The van der Waals surface area contributed by atoms with Crippen molar-refractivity contribution in [3.05, 3.63) is 41.7 Å². The number of anilines is 1. The van der Waals surface area contributed by atoms with Gasteiger partial charge in [0, 0.05) is 32.8 Å². The van der Waals surface area contributed by atoms with Crippen LogP contribution in [0.2, 0.25) is 0 Å². The van der Waals surface area contributed by atoms with Gasteiger partial charge in [-0.3, -0.25) is 9.48 Å². The fourth-order valence-electron chi connectivity index (χ4n) is 2.35. The Morgan fingerprint density at radius 3 is 3.19 bits per heavy atom. The quantitative estimate of drug-likeness (QED) is 0.886. The van der Waals surface area contributed by atoms with E-state index in [1.807, 2.05) is 31.4 Å². The van der Waals surface area contributed by atoms with Crippen molar-refractivity contribution in [3.63, 3.8) is 0 Å². The number of fused-ring (bicyclic) bond motifs is 1. The van der Waals surface area contributed by atoms with Crippen molar-refractivity contribution >= 4 is 11.6 Å². The molecule has 110 valence electrons. The van der Waals surface area contributed by atoms with E-state index in [9.17, 15) is 4.79 Å². The number of nitrogens with zero attached hydrogens (tertiary/aromatic N) is 2. The molecule has 6 nitrogen and oxygen atoms in total. The van der Waals surface area contributed by atoms with E-state index in [1.165, 1.54) is 0 Å². The van der Waals surface area contributed by atoms with Crippen molar-refractivity contribution in [2.75, 3.05) is 25.0 Å². The van der Waals surface area contributed by atoms with Crippen molar-refractivity contribution in [2.24, 2.45) is 7.05 Å². The van der Waals surface area contributed by atoms with Gasteiger partial charge in [-0.25, -0.2) is 0 Å². The summed E-state index contributed by atoms with van der Waals surface area (Å²) in [6.45, 7) is 1.88. The Kier molecular flexibility index (Phi) is 3.77. The average Bonchev–Trinajstić information content (AvgIpc) is 2.92. The molecular weight excluding hydrogens is 268 g/mol. The van der Waals surface area contributed by atoms with Crippen LogP contribution in [0.5, 0.6) is 5.75 Å². The highest BCUT2D eigenvalue weighted by molar-refractivity contribution is 5.98. The van der Waals surface area contributed by atoms with E-state index < -0.39 is 0 Å². The van der Waals surface area contributed by atoms with E-state index in [2.05, 4.69) is 15.7 Å². The number of para-hydroxylation sites is 1. The zero-order chi connectivity index (χ0) is 14.7. The fourth-order valence-corrected chi connectivity index (χ4v) is 2.35. The molecule has 0 saturated carbocycles. The Hall–Kier alpha value is -2.50.